The Labute approximate surface area is 196 Å². The van der Waals surface area contributed by atoms with Crippen molar-refractivity contribution in [2.24, 2.45) is 5.41 Å². The second kappa shape index (κ2) is 8.60. The number of nitrogens with zero attached hydrogens (tertiary/aromatic N) is 3. The van der Waals surface area contributed by atoms with Gasteiger partial charge in [0.25, 0.3) is 17.7 Å². The van der Waals surface area contributed by atoms with Crippen molar-refractivity contribution in [2.45, 2.75) is 44.4 Å². The van der Waals surface area contributed by atoms with Crippen LogP contribution in [0.25, 0.3) is 0 Å². The SMILES string of the molecule is O=C(Nc1ccc(F)c(C(=O)N2CCCC(F)(F)C2)c1)c1ccncc1N1CCC2(CC1)CC2. The van der Waals surface area contributed by atoms with Gasteiger partial charge in [0.1, 0.15) is 5.82 Å². The molecule has 180 valence electrons. The topological polar surface area (TPSA) is 65.5 Å². The predicted octanol–water partition coefficient (Wildman–Crippen LogP) is 4.72. The maximum Gasteiger partial charge on any atom is 0.265 e. The molecule has 1 aromatic carbocycles. The average molecular weight is 473 g/mol. The molecule has 34 heavy (non-hydrogen) atoms. The summed E-state index contributed by atoms with van der Waals surface area (Å²) in [4.78, 5) is 33.2. The van der Waals surface area contributed by atoms with Gasteiger partial charge in [0.05, 0.1) is 29.6 Å². The van der Waals surface area contributed by atoms with Gasteiger partial charge in [0.2, 0.25) is 0 Å². The van der Waals surface area contributed by atoms with Gasteiger partial charge in [-0.05, 0) is 61.8 Å². The molecule has 2 saturated heterocycles. The van der Waals surface area contributed by atoms with Crippen LogP contribution < -0.4 is 10.2 Å². The van der Waals surface area contributed by atoms with Crippen molar-refractivity contribution in [1.29, 1.82) is 0 Å². The van der Waals surface area contributed by atoms with Gasteiger partial charge in [0.15, 0.2) is 0 Å². The highest BCUT2D eigenvalue weighted by Crippen LogP contribution is 2.54. The highest BCUT2D eigenvalue weighted by atomic mass is 19.3. The Morgan fingerprint density at radius 1 is 0.971 bits per heavy atom. The number of carbonyl (C=O) groups is 2. The van der Waals surface area contributed by atoms with Crippen molar-refractivity contribution in [3.05, 3.63) is 53.6 Å². The summed E-state index contributed by atoms with van der Waals surface area (Å²) in [7, 11) is 0. The lowest BCUT2D eigenvalue weighted by atomic mass is 9.93. The third-order valence-corrected chi connectivity index (χ3v) is 7.30. The molecule has 0 atom stereocenters. The Balaban J connectivity index is 1.32. The maximum atomic E-state index is 14.4. The Morgan fingerprint density at radius 2 is 1.74 bits per heavy atom. The number of carbonyl (C=O) groups excluding carboxylic acids is 2. The van der Waals surface area contributed by atoms with E-state index in [0.717, 1.165) is 42.6 Å². The van der Waals surface area contributed by atoms with Crippen LogP contribution in [0.5, 0.6) is 0 Å². The van der Waals surface area contributed by atoms with E-state index in [2.05, 4.69) is 15.2 Å². The van der Waals surface area contributed by atoms with Gasteiger partial charge in [-0.2, -0.15) is 0 Å². The van der Waals surface area contributed by atoms with Crippen molar-refractivity contribution >= 4 is 23.2 Å². The number of piperidine rings is 2. The predicted molar refractivity (Wildman–Crippen MR) is 122 cm³/mol. The van der Waals surface area contributed by atoms with E-state index in [1.54, 1.807) is 18.5 Å². The fraction of sp³-hybridized carbons (Fsp3) is 0.480. The average Bonchev–Trinajstić information content (AvgIpc) is 3.58. The summed E-state index contributed by atoms with van der Waals surface area (Å²) in [5.41, 5.74) is 1.56. The molecule has 0 radical (unpaired) electrons. The first-order chi connectivity index (χ1) is 16.3. The third-order valence-electron chi connectivity index (χ3n) is 7.30. The van der Waals surface area contributed by atoms with E-state index in [1.807, 2.05) is 0 Å². The van der Waals surface area contributed by atoms with Gasteiger partial charge in [-0.15, -0.1) is 0 Å². The lowest BCUT2D eigenvalue weighted by Gasteiger charge is -2.34. The van der Waals surface area contributed by atoms with Crippen molar-refractivity contribution in [3.8, 4) is 0 Å². The molecule has 2 amide bonds. The van der Waals surface area contributed by atoms with Crippen LogP contribution in [-0.4, -0.2) is 53.8 Å². The van der Waals surface area contributed by atoms with Crippen molar-refractivity contribution < 1.29 is 22.8 Å². The van der Waals surface area contributed by atoms with Crippen LogP contribution in [0.15, 0.2) is 36.7 Å². The number of alkyl halides is 2. The number of nitrogens with one attached hydrogen (secondary N) is 1. The van der Waals surface area contributed by atoms with Crippen LogP contribution in [0.3, 0.4) is 0 Å². The lowest BCUT2D eigenvalue weighted by molar-refractivity contribution is -0.0561. The zero-order chi connectivity index (χ0) is 23.9. The van der Waals surface area contributed by atoms with Crippen molar-refractivity contribution in [2.75, 3.05) is 36.4 Å². The molecule has 1 aliphatic carbocycles. The van der Waals surface area contributed by atoms with Gasteiger partial charge in [-0.1, -0.05) is 0 Å². The van der Waals surface area contributed by atoms with Gasteiger partial charge >= 0.3 is 0 Å². The van der Waals surface area contributed by atoms with Crippen LogP contribution in [-0.2, 0) is 0 Å². The van der Waals surface area contributed by atoms with Gasteiger partial charge in [0, 0.05) is 37.9 Å². The summed E-state index contributed by atoms with van der Waals surface area (Å²) in [5.74, 6) is -5.01. The molecule has 1 aromatic heterocycles. The minimum Gasteiger partial charge on any atom is -0.370 e. The second-order valence-corrected chi connectivity index (χ2v) is 9.71. The summed E-state index contributed by atoms with van der Waals surface area (Å²) in [6.45, 7) is 1.13. The molecule has 6 nitrogen and oxygen atoms in total. The molecule has 0 bridgehead atoms. The number of likely N-dealkylation sites (tertiary alicyclic amines) is 1. The smallest absolute Gasteiger partial charge is 0.265 e. The highest BCUT2D eigenvalue weighted by molar-refractivity contribution is 6.08. The van der Waals surface area contributed by atoms with Crippen LogP contribution in [0.2, 0.25) is 0 Å². The molecule has 3 aliphatic rings. The van der Waals surface area contributed by atoms with E-state index in [0.29, 0.717) is 11.0 Å². The van der Waals surface area contributed by atoms with Crippen LogP contribution in [0, 0.1) is 11.2 Å². The Bertz CT molecular complexity index is 1110. The Morgan fingerprint density at radius 3 is 2.44 bits per heavy atom. The zero-order valence-electron chi connectivity index (χ0n) is 18.8. The summed E-state index contributed by atoms with van der Waals surface area (Å²) < 4.78 is 41.9. The summed E-state index contributed by atoms with van der Waals surface area (Å²) in [6, 6.07) is 5.27. The molecule has 5 rings (SSSR count). The second-order valence-electron chi connectivity index (χ2n) is 9.71. The summed E-state index contributed by atoms with van der Waals surface area (Å²) in [6.07, 6.45) is 7.84. The number of hydrogen-bond acceptors (Lipinski definition) is 4. The van der Waals surface area contributed by atoms with E-state index in [4.69, 9.17) is 0 Å². The van der Waals surface area contributed by atoms with Crippen LogP contribution in [0.1, 0.15) is 59.2 Å². The van der Waals surface area contributed by atoms with E-state index in [-0.39, 0.29) is 30.6 Å². The fourth-order valence-corrected chi connectivity index (χ4v) is 5.00. The number of anilines is 2. The number of aromatic nitrogens is 1. The quantitative estimate of drug-likeness (QED) is 0.699. The van der Waals surface area contributed by atoms with E-state index < -0.39 is 30.1 Å². The minimum absolute atomic E-state index is 0.141. The number of pyridine rings is 1. The van der Waals surface area contributed by atoms with E-state index in [1.165, 1.54) is 25.0 Å². The van der Waals surface area contributed by atoms with Gasteiger partial charge < -0.3 is 15.1 Å². The number of hydrogen-bond donors (Lipinski definition) is 1. The van der Waals surface area contributed by atoms with E-state index >= 15 is 0 Å². The Kier molecular flexibility index (Phi) is 5.73. The largest absolute Gasteiger partial charge is 0.370 e. The van der Waals surface area contributed by atoms with Gasteiger partial charge in [-0.25, -0.2) is 13.2 Å². The molecule has 2 aromatic rings. The van der Waals surface area contributed by atoms with Gasteiger partial charge in [-0.3, -0.25) is 14.6 Å². The molecule has 1 N–H and O–H groups in total. The summed E-state index contributed by atoms with van der Waals surface area (Å²) in [5, 5.41) is 2.73. The Hall–Kier alpha value is -3.10. The molecular formula is C25H27F3N4O2. The number of halogens is 3. The summed E-state index contributed by atoms with van der Waals surface area (Å²) >= 11 is 0. The molecule has 9 heteroatoms. The first-order valence-corrected chi connectivity index (χ1v) is 11.7. The maximum absolute atomic E-state index is 14.4. The number of amides is 2. The first-order valence-electron chi connectivity index (χ1n) is 11.7. The van der Waals surface area contributed by atoms with Crippen LogP contribution >= 0.6 is 0 Å². The monoisotopic (exact) mass is 472 g/mol. The molecular weight excluding hydrogens is 445 g/mol. The lowest BCUT2D eigenvalue weighted by Crippen LogP contribution is -2.45. The molecule has 3 heterocycles. The zero-order valence-corrected chi connectivity index (χ0v) is 18.8. The van der Waals surface area contributed by atoms with Crippen molar-refractivity contribution in [3.63, 3.8) is 0 Å². The molecule has 2 aliphatic heterocycles. The number of benzene rings is 1. The first kappa shape index (κ1) is 22.7. The molecule has 1 spiro atoms. The minimum atomic E-state index is -2.98. The molecule has 3 fully saturated rings. The van der Waals surface area contributed by atoms with E-state index in [9.17, 15) is 22.8 Å². The number of rotatable bonds is 4. The molecule has 0 unspecified atom stereocenters. The third kappa shape index (κ3) is 4.60. The fourth-order valence-electron chi connectivity index (χ4n) is 5.00. The normalized spacial score (nSPS) is 20.8. The van der Waals surface area contributed by atoms with Crippen LogP contribution in [0.4, 0.5) is 24.5 Å². The molecule has 1 saturated carbocycles. The highest BCUT2D eigenvalue weighted by Gasteiger charge is 2.44. The van der Waals surface area contributed by atoms with Crippen molar-refractivity contribution in [1.82, 2.24) is 9.88 Å². The standard InChI is InChI=1S/C25H27F3N4O2/c26-20-3-2-17(14-19(20)23(34)32-11-1-5-25(27,28)16-32)30-22(33)18-4-10-29-15-21(18)31-12-8-24(6-7-24)9-13-31/h2-4,10,14-15H,1,5-9,11-13,16H2,(H,30,33).